The lowest BCUT2D eigenvalue weighted by Crippen LogP contribution is -2.57. The lowest BCUT2D eigenvalue weighted by atomic mass is 9.70. The number of likely N-dealkylation sites (tertiary alicyclic amines) is 1. The van der Waals surface area contributed by atoms with E-state index in [4.69, 9.17) is 0 Å². The number of nitrogens with zero attached hydrogens (tertiary/aromatic N) is 3. The van der Waals surface area contributed by atoms with Crippen molar-refractivity contribution >= 4 is 35.2 Å². The summed E-state index contributed by atoms with van der Waals surface area (Å²) in [6, 6.07) is 8.76. The monoisotopic (exact) mass is 525 g/mol. The number of carbonyl (C=O) groups excluding carboxylic acids is 3. The Morgan fingerprint density at radius 1 is 1.22 bits per heavy atom. The van der Waals surface area contributed by atoms with E-state index in [1.54, 1.807) is 33.7 Å². The van der Waals surface area contributed by atoms with E-state index in [1.165, 1.54) is 0 Å². The van der Waals surface area contributed by atoms with Crippen molar-refractivity contribution in [3.63, 3.8) is 0 Å². The van der Waals surface area contributed by atoms with E-state index >= 15 is 0 Å². The second-order valence-corrected chi connectivity index (χ2v) is 11.9. The summed E-state index contributed by atoms with van der Waals surface area (Å²) in [4.78, 5) is 47.4. The van der Waals surface area contributed by atoms with E-state index in [0.29, 0.717) is 19.5 Å². The number of hydrogen-bond acceptors (Lipinski definition) is 5. The largest absolute Gasteiger partial charge is 0.395 e. The van der Waals surface area contributed by atoms with Gasteiger partial charge in [-0.2, -0.15) is 0 Å². The maximum Gasteiger partial charge on any atom is 0.247 e. The smallest absolute Gasteiger partial charge is 0.247 e. The first-order valence-electron chi connectivity index (χ1n) is 13.3. The van der Waals surface area contributed by atoms with Crippen LogP contribution in [0.5, 0.6) is 0 Å². The van der Waals surface area contributed by atoms with Crippen molar-refractivity contribution in [2.45, 2.75) is 61.6 Å². The Labute approximate surface area is 224 Å². The number of amides is 3. The van der Waals surface area contributed by atoms with Gasteiger partial charge in [0.2, 0.25) is 17.7 Å². The minimum Gasteiger partial charge on any atom is -0.395 e. The molecule has 1 spiro atoms. The number of rotatable bonds is 12. The molecule has 3 heterocycles. The average molecular weight is 526 g/mol. The molecule has 3 saturated heterocycles. The lowest BCUT2D eigenvalue weighted by molar-refractivity contribution is -0.144. The minimum atomic E-state index is -0.700. The zero-order valence-electron chi connectivity index (χ0n) is 21.9. The maximum absolute atomic E-state index is 14.2. The molecule has 1 N–H and O–H groups in total. The zero-order chi connectivity index (χ0) is 26.7. The van der Waals surface area contributed by atoms with Crippen LogP contribution in [0.3, 0.4) is 0 Å². The number of β-amino-alcohol motifs (C(OH)–C–C–N with tert-alkyl or cyclic N) is 1. The van der Waals surface area contributed by atoms with Gasteiger partial charge < -0.3 is 19.8 Å². The van der Waals surface area contributed by atoms with Crippen LogP contribution >= 0.6 is 11.8 Å². The molecule has 0 aliphatic carbocycles. The standard InChI is InChI=1S/C29H39N3O4S/c1-5-11-20(4)30(16-6-2)28(36)25-29-15-14-22(37-29)23(24(29)27(35)32(25)18-19-33)26(34)31(17-7-3)21-12-9-8-10-13-21/h6-10,12-13,20,22-25,33H,2-3,5,11,14-19H2,1,4H3/t20?,22-,23+,24-,25?,29?/m0/s1. The van der Waals surface area contributed by atoms with Crippen LogP contribution in [0.4, 0.5) is 5.69 Å². The lowest BCUT2D eigenvalue weighted by Gasteiger charge is -2.39. The Morgan fingerprint density at radius 2 is 1.92 bits per heavy atom. The van der Waals surface area contributed by atoms with E-state index in [2.05, 4.69) is 20.1 Å². The second-order valence-electron chi connectivity index (χ2n) is 10.3. The number of aliphatic hydroxyl groups excluding tert-OH is 1. The topological polar surface area (TPSA) is 81.2 Å². The van der Waals surface area contributed by atoms with Crippen LogP contribution in [0.25, 0.3) is 0 Å². The number of benzene rings is 1. The number of carbonyl (C=O) groups is 3. The molecule has 3 unspecified atom stereocenters. The minimum absolute atomic E-state index is 0.000718. The molecule has 7 nitrogen and oxygen atoms in total. The highest BCUT2D eigenvalue weighted by Crippen LogP contribution is 2.66. The van der Waals surface area contributed by atoms with Crippen molar-refractivity contribution in [3.05, 3.63) is 55.6 Å². The number of thioether (sulfide) groups is 1. The van der Waals surface area contributed by atoms with Gasteiger partial charge >= 0.3 is 0 Å². The van der Waals surface area contributed by atoms with Crippen molar-refractivity contribution in [1.82, 2.24) is 9.80 Å². The first-order chi connectivity index (χ1) is 17.9. The quantitative estimate of drug-likeness (QED) is 0.423. The zero-order valence-corrected chi connectivity index (χ0v) is 22.7. The molecule has 1 aromatic carbocycles. The highest BCUT2D eigenvalue weighted by Gasteiger charge is 2.74. The number of hydrogen-bond donors (Lipinski definition) is 1. The van der Waals surface area contributed by atoms with Gasteiger partial charge in [0.05, 0.1) is 23.2 Å². The fourth-order valence-electron chi connectivity index (χ4n) is 6.66. The van der Waals surface area contributed by atoms with Gasteiger partial charge in [-0.3, -0.25) is 14.4 Å². The van der Waals surface area contributed by atoms with Gasteiger partial charge in [0.25, 0.3) is 0 Å². The van der Waals surface area contributed by atoms with Crippen LogP contribution in [0, 0.1) is 11.8 Å². The Morgan fingerprint density at radius 3 is 2.54 bits per heavy atom. The van der Waals surface area contributed by atoms with Gasteiger partial charge in [-0.1, -0.05) is 43.7 Å². The summed E-state index contributed by atoms with van der Waals surface area (Å²) >= 11 is 1.66. The summed E-state index contributed by atoms with van der Waals surface area (Å²) in [6.07, 6.45) is 6.70. The van der Waals surface area contributed by atoms with Gasteiger partial charge in [-0.15, -0.1) is 24.9 Å². The third-order valence-corrected chi connectivity index (χ3v) is 10.1. The molecular weight excluding hydrogens is 486 g/mol. The number of para-hydroxylation sites is 1. The van der Waals surface area contributed by atoms with Gasteiger partial charge in [0.1, 0.15) is 6.04 Å². The van der Waals surface area contributed by atoms with Crippen molar-refractivity contribution in [1.29, 1.82) is 0 Å². The predicted octanol–water partition coefficient (Wildman–Crippen LogP) is 3.49. The van der Waals surface area contributed by atoms with Crippen molar-refractivity contribution in [2.24, 2.45) is 11.8 Å². The molecule has 6 atom stereocenters. The van der Waals surface area contributed by atoms with Crippen LogP contribution in [-0.4, -0.2) is 80.9 Å². The van der Waals surface area contributed by atoms with Gasteiger partial charge in [0, 0.05) is 36.6 Å². The Balaban J connectivity index is 1.73. The third kappa shape index (κ3) is 4.63. The molecule has 3 fully saturated rings. The normalized spacial score (nSPS) is 28.6. The van der Waals surface area contributed by atoms with Crippen LogP contribution in [0.1, 0.15) is 39.5 Å². The van der Waals surface area contributed by atoms with E-state index in [-0.39, 0.29) is 42.2 Å². The Kier molecular flexibility index (Phi) is 8.49. The molecule has 1 aromatic rings. The van der Waals surface area contributed by atoms with Crippen molar-refractivity contribution in [2.75, 3.05) is 31.1 Å². The molecule has 37 heavy (non-hydrogen) atoms. The summed E-state index contributed by atoms with van der Waals surface area (Å²) in [6.45, 7) is 12.4. The summed E-state index contributed by atoms with van der Waals surface area (Å²) < 4.78 is -0.670. The van der Waals surface area contributed by atoms with Crippen molar-refractivity contribution < 1.29 is 19.5 Å². The number of fused-ring (bicyclic) bond motifs is 1. The Bertz CT molecular complexity index is 1030. The second kappa shape index (κ2) is 11.4. The Hall–Kier alpha value is -2.58. The van der Waals surface area contributed by atoms with Crippen LogP contribution < -0.4 is 4.90 Å². The van der Waals surface area contributed by atoms with E-state index in [1.807, 2.05) is 42.2 Å². The van der Waals surface area contributed by atoms with Crippen LogP contribution in [0.15, 0.2) is 55.6 Å². The van der Waals surface area contributed by atoms with E-state index < -0.39 is 22.6 Å². The first-order valence-corrected chi connectivity index (χ1v) is 14.2. The molecule has 0 saturated carbocycles. The summed E-state index contributed by atoms with van der Waals surface area (Å²) in [7, 11) is 0. The predicted molar refractivity (Wildman–Crippen MR) is 148 cm³/mol. The average Bonchev–Trinajstić information content (AvgIpc) is 3.53. The fraction of sp³-hybridized carbons (Fsp3) is 0.552. The molecule has 3 aliphatic rings. The molecule has 4 rings (SSSR count). The summed E-state index contributed by atoms with van der Waals surface area (Å²) in [5, 5.41) is 9.84. The molecular formula is C29H39N3O4S. The molecule has 0 radical (unpaired) electrons. The number of aliphatic hydroxyl groups is 1. The van der Waals surface area contributed by atoms with Gasteiger partial charge in [0.15, 0.2) is 0 Å². The highest BCUT2D eigenvalue weighted by atomic mass is 32.2. The third-order valence-electron chi connectivity index (χ3n) is 8.15. The van der Waals surface area contributed by atoms with Gasteiger partial charge in [-0.25, -0.2) is 0 Å². The molecule has 0 aromatic heterocycles. The molecule has 2 bridgehead atoms. The SMILES string of the molecule is C=CCN(C(=O)[C@@H]1[C@@H]2CCC3(S2)C(C(=O)N(CC=C)C(C)CCC)N(CCO)C(=O)[C@H]13)c1ccccc1. The molecule has 3 aliphatic heterocycles. The molecule has 8 heteroatoms. The van der Waals surface area contributed by atoms with Crippen molar-refractivity contribution in [3.8, 4) is 0 Å². The molecule has 3 amide bonds. The molecule has 200 valence electrons. The highest BCUT2D eigenvalue weighted by molar-refractivity contribution is 8.02. The van der Waals surface area contributed by atoms with Crippen LogP contribution in [-0.2, 0) is 14.4 Å². The van der Waals surface area contributed by atoms with Gasteiger partial charge in [-0.05, 0) is 38.3 Å². The van der Waals surface area contributed by atoms with E-state index in [9.17, 15) is 19.5 Å². The number of anilines is 1. The first kappa shape index (κ1) is 27.5. The summed E-state index contributed by atoms with van der Waals surface area (Å²) in [5.41, 5.74) is 0.769. The van der Waals surface area contributed by atoms with Crippen LogP contribution in [0.2, 0.25) is 0 Å². The summed E-state index contributed by atoms with van der Waals surface area (Å²) in [5.74, 6) is -1.49. The fourth-order valence-corrected chi connectivity index (χ4v) is 8.86. The van der Waals surface area contributed by atoms with E-state index in [0.717, 1.165) is 24.9 Å². The maximum atomic E-state index is 14.2.